The number of benzene rings is 3. The SMILES string of the molecule is CC(C)NC(C=O)c1ccc(OC(=O)Cc2ccccc2)c(OC(=O)Cc2ccccc2)c1. The van der Waals surface area contributed by atoms with Crippen LogP contribution < -0.4 is 14.8 Å². The fourth-order valence-electron chi connectivity index (χ4n) is 3.30. The molecule has 0 fully saturated rings. The largest absolute Gasteiger partial charge is 0.422 e. The van der Waals surface area contributed by atoms with Gasteiger partial charge in [0.25, 0.3) is 0 Å². The standard InChI is InChI=1S/C27H27NO5/c1-19(2)28-23(18-29)22-13-14-24(32-26(30)15-20-9-5-3-6-10-20)25(17-22)33-27(31)16-21-11-7-4-8-12-21/h3-14,17-19,23,28H,15-16H2,1-2H3. The van der Waals surface area contributed by atoms with Gasteiger partial charge in [0, 0.05) is 6.04 Å². The van der Waals surface area contributed by atoms with E-state index in [4.69, 9.17) is 9.47 Å². The molecule has 170 valence electrons. The number of carbonyl (C=O) groups is 3. The van der Waals surface area contributed by atoms with Gasteiger partial charge in [-0.15, -0.1) is 0 Å². The molecule has 0 amide bonds. The summed E-state index contributed by atoms with van der Waals surface area (Å²) in [6, 6.07) is 22.7. The molecule has 0 bridgehead atoms. The first-order chi connectivity index (χ1) is 15.9. The summed E-state index contributed by atoms with van der Waals surface area (Å²) >= 11 is 0. The van der Waals surface area contributed by atoms with Crippen LogP contribution in [0.2, 0.25) is 0 Å². The van der Waals surface area contributed by atoms with Crippen LogP contribution >= 0.6 is 0 Å². The van der Waals surface area contributed by atoms with Gasteiger partial charge in [-0.3, -0.25) is 9.59 Å². The summed E-state index contributed by atoms with van der Waals surface area (Å²) in [6.45, 7) is 3.86. The summed E-state index contributed by atoms with van der Waals surface area (Å²) in [6.07, 6.45) is 0.918. The highest BCUT2D eigenvalue weighted by molar-refractivity contribution is 5.79. The second-order valence-electron chi connectivity index (χ2n) is 7.91. The van der Waals surface area contributed by atoms with Crippen LogP contribution in [0, 0.1) is 0 Å². The van der Waals surface area contributed by atoms with Gasteiger partial charge in [0.1, 0.15) is 6.29 Å². The van der Waals surface area contributed by atoms with Gasteiger partial charge in [-0.1, -0.05) is 66.7 Å². The quantitative estimate of drug-likeness (QED) is 0.286. The minimum absolute atomic E-state index is 0.0593. The molecule has 0 saturated carbocycles. The van der Waals surface area contributed by atoms with Crippen LogP contribution in [-0.4, -0.2) is 24.3 Å². The van der Waals surface area contributed by atoms with Gasteiger partial charge in [-0.05, 0) is 42.7 Å². The Morgan fingerprint density at radius 3 is 1.79 bits per heavy atom. The second kappa shape index (κ2) is 11.7. The summed E-state index contributed by atoms with van der Waals surface area (Å²) in [4.78, 5) is 36.7. The van der Waals surface area contributed by atoms with E-state index in [1.165, 1.54) is 0 Å². The maximum atomic E-state index is 12.6. The van der Waals surface area contributed by atoms with Crippen molar-refractivity contribution >= 4 is 18.2 Å². The molecule has 3 aromatic rings. The maximum Gasteiger partial charge on any atom is 0.315 e. The lowest BCUT2D eigenvalue weighted by molar-refractivity contribution is -0.136. The molecule has 3 aromatic carbocycles. The first-order valence-electron chi connectivity index (χ1n) is 10.8. The van der Waals surface area contributed by atoms with Crippen molar-refractivity contribution in [2.75, 3.05) is 0 Å². The first-order valence-corrected chi connectivity index (χ1v) is 10.8. The lowest BCUT2D eigenvalue weighted by Gasteiger charge is -2.18. The second-order valence-corrected chi connectivity index (χ2v) is 7.91. The van der Waals surface area contributed by atoms with Crippen LogP contribution in [0.5, 0.6) is 11.5 Å². The Labute approximate surface area is 193 Å². The monoisotopic (exact) mass is 445 g/mol. The molecule has 0 spiro atoms. The summed E-state index contributed by atoms with van der Waals surface area (Å²) in [5, 5.41) is 3.14. The van der Waals surface area contributed by atoms with Crippen molar-refractivity contribution in [1.29, 1.82) is 0 Å². The van der Waals surface area contributed by atoms with E-state index in [-0.39, 0.29) is 30.4 Å². The van der Waals surface area contributed by atoms with Crippen molar-refractivity contribution in [3.8, 4) is 11.5 Å². The third-order valence-corrected chi connectivity index (χ3v) is 4.81. The molecule has 1 N–H and O–H groups in total. The van der Waals surface area contributed by atoms with E-state index in [9.17, 15) is 14.4 Å². The van der Waals surface area contributed by atoms with Crippen LogP contribution in [-0.2, 0) is 27.2 Å². The molecule has 0 aliphatic carbocycles. The zero-order valence-corrected chi connectivity index (χ0v) is 18.7. The van der Waals surface area contributed by atoms with Gasteiger partial charge in [0.05, 0.1) is 18.9 Å². The van der Waals surface area contributed by atoms with Crippen LogP contribution in [0.1, 0.15) is 36.6 Å². The Hall–Kier alpha value is -3.77. The molecular formula is C27H27NO5. The highest BCUT2D eigenvalue weighted by Crippen LogP contribution is 2.31. The summed E-state index contributed by atoms with van der Waals surface area (Å²) in [7, 11) is 0. The number of ether oxygens (including phenoxy) is 2. The molecule has 0 aromatic heterocycles. The van der Waals surface area contributed by atoms with Crippen molar-refractivity contribution in [2.24, 2.45) is 0 Å². The van der Waals surface area contributed by atoms with Gasteiger partial charge in [0.2, 0.25) is 0 Å². The molecule has 1 unspecified atom stereocenters. The Kier molecular flexibility index (Phi) is 8.49. The van der Waals surface area contributed by atoms with E-state index in [0.717, 1.165) is 17.4 Å². The van der Waals surface area contributed by atoms with Crippen LogP contribution in [0.3, 0.4) is 0 Å². The average Bonchev–Trinajstić information content (AvgIpc) is 2.79. The minimum atomic E-state index is -0.592. The van der Waals surface area contributed by atoms with Gasteiger partial charge in [-0.2, -0.15) is 0 Å². The lowest BCUT2D eigenvalue weighted by Crippen LogP contribution is -2.29. The molecule has 0 aliphatic heterocycles. The number of rotatable bonds is 10. The Morgan fingerprint density at radius 1 is 0.788 bits per heavy atom. The number of hydrogen-bond donors (Lipinski definition) is 1. The van der Waals surface area contributed by atoms with E-state index in [0.29, 0.717) is 5.56 Å². The van der Waals surface area contributed by atoms with Crippen molar-refractivity contribution in [3.05, 3.63) is 95.6 Å². The predicted octanol–water partition coefficient (Wildman–Crippen LogP) is 4.22. The zero-order valence-electron chi connectivity index (χ0n) is 18.7. The minimum Gasteiger partial charge on any atom is -0.422 e. The molecule has 0 radical (unpaired) electrons. The number of hydrogen-bond acceptors (Lipinski definition) is 6. The molecule has 0 saturated heterocycles. The summed E-state index contributed by atoms with van der Waals surface area (Å²) < 4.78 is 11.1. The van der Waals surface area contributed by atoms with E-state index in [1.54, 1.807) is 18.2 Å². The third-order valence-electron chi connectivity index (χ3n) is 4.81. The normalized spacial score (nSPS) is 11.6. The number of esters is 2. The summed E-state index contributed by atoms with van der Waals surface area (Å²) in [5.74, 6) is -0.776. The molecule has 0 aliphatic rings. The lowest BCUT2D eigenvalue weighted by atomic mass is 10.1. The fraction of sp³-hybridized carbons (Fsp3) is 0.222. The Bertz CT molecular complexity index is 1080. The Balaban J connectivity index is 1.82. The number of carbonyl (C=O) groups excluding carboxylic acids is 3. The summed E-state index contributed by atoms with van der Waals surface area (Å²) in [5.41, 5.74) is 2.21. The first kappa shape index (κ1) is 23.9. The van der Waals surface area contributed by atoms with Crippen molar-refractivity contribution in [2.45, 2.75) is 38.8 Å². The van der Waals surface area contributed by atoms with Crippen LogP contribution in [0.25, 0.3) is 0 Å². The van der Waals surface area contributed by atoms with Gasteiger partial charge >= 0.3 is 11.9 Å². The van der Waals surface area contributed by atoms with E-state index in [2.05, 4.69) is 5.32 Å². The van der Waals surface area contributed by atoms with Gasteiger partial charge < -0.3 is 19.6 Å². The molecule has 1 atom stereocenters. The van der Waals surface area contributed by atoms with Gasteiger partial charge in [-0.25, -0.2) is 0 Å². The van der Waals surface area contributed by atoms with Gasteiger partial charge in [0.15, 0.2) is 11.5 Å². The molecule has 3 rings (SSSR count). The highest BCUT2D eigenvalue weighted by atomic mass is 16.6. The third kappa shape index (κ3) is 7.40. The fourth-order valence-corrected chi connectivity index (χ4v) is 3.30. The Morgan fingerprint density at radius 2 is 1.30 bits per heavy atom. The van der Waals surface area contributed by atoms with Crippen LogP contribution in [0.4, 0.5) is 0 Å². The maximum absolute atomic E-state index is 12.6. The molecule has 6 heteroatoms. The van der Waals surface area contributed by atoms with Crippen LogP contribution in [0.15, 0.2) is 78.9 Å². The predicted molar refractivity (Wildman–Crippen MR) is 125 cm³/mol. The van der Waals surface area contributed by atoms with Crippen molar-refractivity contribution in [1.82, 2.24) is 5.32 Å². The van der Waals surface area contributed by atoms with E-state index >= 15 is 0 Å². The molecular weight excluding hydrogens is 418 g/mol. The van der Waals surface area contributed by atoms with Crippen molar-refractivity contribution < 1.29 is 23.9 Å². The average molecular weight is 446 g/mol. The molecule has 33 heavy (non-hydrogen) atoms. The topological polar surface area (TPSA) is 81.7 Å². The highest BCUT2D eigenvalue weighted by Gasteiger charge is 2.19. The van der Waals surface area contributed by atoms with E-state index in [1.807, 2.05) is 74.5 Å². The van der Waals surface area contributed by atoms with E-state index < -0.39 is 18.0 Å². The molecule has 0 heterocycles. The smallest absolute Gasteiger partial charge is 0.315 e. The van der Waals surface area contributed by atoms with Crippen molar-refractivity contribution in [3.63, 3.8) is 0 Å². The molecule has 6 nitrogen and oxygen atoms in total. The zero-order chi connectivity index (χ0) is 23.6. The number of nitrogens with one attached hydrogen (secondary N) is 1. The number of aldehydes is 1.